The van der Waals surface area contributed by atoms with E-state index in [1.54, 1.807) is 0 Å². The van der Waals surface area contributed by atoms with Gasteiger partial charge in [-0.25, -0.2) is 0 Å². The molecular formula is C9H12ClN3O. The third-order valence-electron chi connectivity index (χ3n) is 2.10. The largest absolute Gasteiger partial charge is 0.381 e. The maximum absolute atomic E-state index is 10.9. The molecule has 4 nitrogen and oxygen atoms in total. The number of carbonyl (C=O) groups excluding carboxylic acids is 1. The quantitative estimate of drug-likeness (QED) is 0.647. The molecule has 1 aromatic carbocycles. The first-order chi connectivity index (χ1) is 6.27. The number of nitrogens with one attached hydrogen (secondary N) is 2. The first-order valence-electron chi connectivity index (χ1n) is 4.16. The van der Waals surface area contributed by atoms with Crippen molar-refractivity contribution in [1.82, 2.24) is 0 Å². The van der Waals surface area contributed by atoms with Gasteiger partial charge in [0, 0.05) is 6.54 Å². The second-order valence-corrected chi connectivity index (χ2v) is 3.03. The lowest BCUT2D eigenvalue weighted by Gasteiger charge is -2.25. The second-order valence-electron chi connectivity index (χ2n) is 3.03. The number of hydrogen-bond acceptors (Lipinski definition) is 3. The molecule has 1 unspecified atom stereocenters. The number of anilines is 2. The molecule has 0 aromatic heterocycles. The zero-order chi connectivity index (χ0) is 9.26. The molecule has 1 aromatic rings. The Morgan fingerprint density at radius 1 is 1.36 bits per heavy atom. The van der Waals surface area contributed by atoms with Gasteiger partial charge in [-0.1, -0.05) is 12.1 Å². The van der Waals surface area contributed by atoms with E-state index in [4.69, 9.17) is 5.73 Å². The van der Waals surface area contributed by atoms with Crippen LogP contribution in [-0.4, -0.2) is 18.5 Å². The van der Waals surface area contributed by atoms with Crippen LogP contribution in [0.15, 0.2) is 24.3 Å². The molecule has 0 bridgehead atoms. The van der Waals surface area contributed by atoms with Crippen LogP contribution in [0, 0.1) is 0 Å². The van der Waals surface area contributed by atoms with Crippen LogP contribution in [-0.2, 0) is 4.79 Å². The lowest BCUT2D eigenvalue weighted by molar-refractivity contribution is -0.118. The highest BCUT2D eigenvalue weighted by molar-refractivity contribution is 5.87. The molecule has 1 atom stereocenters. The van der Waals surface area contributed by atoms with Crippen LogP contribution in [0.2, 0.25) is 0 Å². The fraction of sp³-hybridized carbons (Fsp3) is 0.222. The normalized spacial score (nSPS) is 18.1. The van der Waals surface area contributed by atoms with Crippen LogP contribution in [0.25, 0.3) is 0 Å². The Bertz CT molecular complexity index is 343. The molecule has 4 N–H and O–H groups in total. The molecule has 14 heavy (non-hydrogen) atoms. The molecule has 5 heteroatoms. The lowest BCUT2D eigenvalue weighted by Crippen LogP contribution is -2.43. The molecule has 2 rings (SSSR count). The van der Waals surface area contributed by atoms with Crippen molar-refractivity contribution in [3.63, 3.8) is 0 Å². The molecule has 1 aliphatic heterocycles. The van der Waals surface area contributed by atoms with Crippen molar-refractivity contribution in [3.8, 4) is 0 Å². The SMILES string of the molecule is Cl.NC(=O)C1CNc2ccccc2N1. The van der Waals surface area contributed by atoms with Crippen molar-refractivity contribution < 1.29 is 4.79 Å². The van der Waals surface area contributed by atoms with E-state index in [1.165, 1.54) is 0 Å². The van der Waals surface area contributed by atoms with Crippen LogP contribution >= 0.6 is 12.4 Å². The van der Waals surface area contributed by atoms with Crippen molar-refractivity contribution in [2.45, 2.75) is 6.04 Å². The Morgan fingerprint density at radius 3 is 2.64 bits per heavy atom. The zero-order valence-corrected chi connectivity index (χ0v) is 8.30. The van der Waals surface area contributed by atoms with E-state index in [0.717, 1.165) is 11.4 Å². The van der Waals surface area contributed by atoms with Gasteiger partial charge >= 0.3 is 0 Å². The first kappa shape index (κ1) is 10.7. The summed E-state index contributed by atoms with van der Waals surface area (Å²) in [5.41, 5.74) is 7.13. The second kappa shape index (κ2) is 4.19. The third-order valence-corrected chi connectivity index (χ3v) is 2.10. The standard InChI is InChI=1S/C9H11N3O.ClH/c10-9(13)8-5-11-6-3-1-2-4-7(6)12-8;/h1-4,8,11-12H,5H2,(H2,10,13);1H. The molecular weight excluding hydrogens is 202 g/mol. The molecule has 0 saturated carbocycles. The van der Waals surface area contributed by atoms with Crippen molar-refractivity contribution in [2.75, 3.05) is 17.2 Å². The molecule has 0 spiro atoms. The Balaban J connectivity index is 0.000000980. The molecule has 0 saturated heterocycles. The van der Waals surface area contributed by atoms with Gasteiger partial charge in [0.05, 0.1) is 11.4 Å². The summed E-state index contributed by atoms with van der Waals surface area (Å²) in [6.07, 6.45) is 0. The number of amides is 1. The van der Waals surface area contributed by atoms with Crippen molar-refractivity contribution in [2.24, 2.45) is 5.73 Å². The number of nitrogens with two attached hydrogens (primary N) is 1. The number of benzene rings is 1. The lowest BCUT2D eigenvalue weighted by atomic mass is 10.1. The molecule has 76 valence electrons. The van der Waals surface area contributed by atoms with Gasteiger partial charge in [-0.2, -0.15) is 0 Å². The summed E-state index contributed by atoms with van der Waals surface area (Å²) >= 11 is 0. The molecule has 1 heterocycles. The Kier molecular flexibility index (Phi) is 3.19. The van der Waals surface area contributed by atoms with Crippen LogP contribution in [0.4, 0.5) is 11.4 Å². The molecule has 0 aliphatic carbocycles. The van der Waals surface area contributed by atoms with Crippen molar-refractivity contribution in [1.29, 1.82) is 0 Å². The van der Waals surface area contributed by atoms with Gasteiger partial charge in [-0.3, -0.25) is 4.79 Å². The predicted molar refractivity (Wildman–Crippen MR) is 58.8 cm³/mol. The van der Waals surface area contributed by atoms with E-state index in [9.17, 15) is 4.79 Å². The fourth-order valence-corrected chi connectivity index (χ4v) is 1.39. The number of fused-ring (bicyclic) bond motifs is 1. The summed E-state index contributed by atoms with van der Waals surface area (Å²) in [7, 11) is 0. The first-order valence-corrected chi connectivity index (χ1v) is 4.16. The maximum Gasteiger partial charge on any atom is 0.241 e. The van der Waals surface area contributed by atoms with Crippen LogP contribution < -0.4 is 16.4 Å². The maximum atomic E-state index is 10.9. The highest BCUT2D eigenvalue weighted by Crippen LogP contribution is 2.24. The zero-order valence-electron chi connectivity index (χ0n) is 7.49. The monoisotopic (exact) mass is 213 g/mol. The summed E-state index contributed by atoms with van der Waals surface area (Å²) in [6, 6.07) is 7.42. The van der Waals surface area contributed by atoms with Crippen molar-refractivity contribution in [3.05, 3.63) is 24.3 Å². The van der Waals surface area contributed by atoms with E-state index >= 15 is 0 Å². The minimum absolute atomic E-state index is 0. The van der Waals surface area contributed by atoms with Gasteiger partial charge in [0.1, 0.15) is 6.04 Å². The Morgan fingerprint density at radius 2 is 2.00 bits per heavy atom. The topological polar surface area (TPSA) is 67.2 Å². The van der Waals surface area contributed by atoms with Crippen LogP contribution in [0.5, 0.6) is 0 Å². The van der Waals surface area contributed by atoms with Gasteiger partial charge in [0.2, 0.25) is 5.91 Å². The van der Waals surface area contributed by atoms with E-state index in [2.05, 4.69) is 10.6 Å². The van der Waals surface area contributed by atoms with Gasteiger partial charge in [-0.05, 0) is 12.1 Å². The number of halogens is 1. The average Bonchev–Trinajstić information content (AvgIpc) is 2.17. The number of primary amides is 1. The van der Waals surface area contributed by atoms with Gasteiger partial charge in [0.25, 0.3) is 0 Å². The minimum Gasteiger partial charge on any atom is -0.381 e. The number of rotatable bonds is 1. The summed E-state index contributed by atoms with van der Waals surface area (Å²) < 4.78 is 0. The molecule has 1 amide bonds. The Labute approximate surface area is 88.3 Å². The van der Waals surface area contributed by atoms with E-state index in [-0.39, 0.29) is 24.4 Å². The highest BCUT2D eigenvalue weighted by Gasteiger charge is 2.20. The summed E-state index contributed by atoms with van der Waals surface area (Å²) in [6.45, 7) is 0.548. The van der Waals surface area contributed by atoms with E-state index in [0.29, 0.717) is 6.54 Å². The minimum atomic E-state index is -0.331. The predicted octanol–water partition coefficient (Wildman–Crippen LogP) is 0.800. The van der Waals surface area contributed by atoms with Crippen molar-refractivity contribution >= 4 is 29.7 Å². The number of para-hydroxylation sites is 2. The van der Waals surface area contributed by atoms with Gasteiger partial charge in [-0.15, -0.1) is 12.4 Å². The summed E-state index contributed by atoms with van der Waals surface area (Å²) in [4.78, 5) is 10.9. The van der Waals surface area contributed by atoms with E-state index < -0.39 is 0 Å². The van der Waals surface area contributed by atoms with Gasteiger partial charge in [0.15, 0.2) is 0 Å². The van der Waals surface area contributed by atoms with Crippen LogP contribution in [0.3, 0.4) is 0 Å². The van der Waals surface area contributed by atoms with Gasteiger partial charge < -0.3 is 16.4 Å². The smallest absolute Gasteiger partial charge is 0.241 e. The fourth-order valence-electron chi connectivity index (χ4n) is 1.39. The highest BCUT2D eigenvalue weighted by atomic mass is 35.5. The number of hydrogen-bond donors (Lipinski definition) is 3. The third kappa shape index (κ3) is 1.90. The summed E-state index contributed by atoms with van der Waals surface area (Å²) in [5.74, 6) is -0.331. The molecule has 0 fully saturated rings. The van der Waals surface area contributed by atoms with Crippen LogP contribution in [0.1, 0.15) is 0 Å². The van der Waals surface area contributed by atoms with E-state index in [1.807, 2.05) is 24.3 Å². The number of carbonyl (C=O) groups is 1. The average molecular weight is 214 g/mol. The Hall–Kier alpha value is -1.42. The summed E-state index contributed by atoms with van der Waals surface area (Å²) in [5, 5.41) is 6.19. The molecule has 0 radical (unpaired) electrons. The molecule has 1 aliphatic rings.